The topological polar surface area (TPSA) is 111 Å². The maximum Gasteiger partial charge on any atom is 0.293 e. The maximum absolute atomic E-state index is 13.9. The van der Waals surface area contributed by atoms with Crippen molar-refractivity contribution in [1.82, 2.24) is 9.97 Å². The lowest BCUT2D eigenvalue weighted by Crippen LogP contribution is -2.36. The summed E-state index contributed by atoms with van der Waals surface area (Å²) < 4.78 is 11.8. The summed E-state index contributed by atoms with van der Waals surface area (Å²) in [5, 5.41) is 12.5. The van der Waals surface area contributed by atoms with E-state index >= 15 is 0 Å². The Morgan fingerprint density at radius 2 is 2.05 bits per heavy atom. The molecule has 0 unspecified atom stereocenters. The number of carbonyl (C=O) groups is 1. The first kappa shape index (κ1) is 24.6. The van der Waals surface area contributed by atoms with E-state index in [0.717, 1.165) is 15.8 Å². The summed E-state index contributed by atoms with van der Waals surface area (Å²) in [5.74, 6) is 0.221. The van der Waals surface area contributed by atoms with Gasteiger partial charge in [0.25, 0.3) is 11.6 Å². The Morgan fingerprint density at radius 3 is 2.76 bits per heavy atom. The van der Waals surface area contributed by atoms with Crippen molar-refractivity contribution in [3.8, 4) is 5.75 Å². The highest BCUT2D eigenvalue weighted by Crippen LogP contribution is 2.38. The van der Waals surface area contributed by atoms with Crippen molar-refractivity contribution >= 4 is 44.0 Å². The van der Waals surface area contributed by atoms with E-state index in [0.29, 0.717) is 48.4 Å². The molecular formula is C26H25N5O5S. The highest BCUT2D eigenvalue weighted by Gasteiger charge is 2.28. The minimum Gasteiger partial charge on any atom is -0.494 e. The zero-order valence-corrected chi connectivity index (χ0v) is 21.2. The van der Waals surface area contributed by atoms with Gasteiger partial charge in [-0.1, -0.05) is 23.5 Å². The van der Waals surface area contributed by atoms with Gasteiger partial charge in [-0.3, -0.25) is 24.8 Å². The summed E-state index contributed by atoms with van der Waals surface area (Å²) in [5.41, 5.74) is 3.05. The van der Waals surface area contributed by atoms with Crippen LogP contribution >= 0.6 is 11.3 Å². The molecule has 2 aromatic heterocycles. The molecule has 4 aromatic rings. The van der Waals surface area contributed by atoms with Crippen molar-refractivity contribution < 1.29 is 19.2 Å². The van der Waals surface area contributed by atoms with Gasteiger partial charge in [0.15, 0.2) is 5.13 Å². The van der Waals surface area contributed by atoms with Crippen LogP contribution in [0.15, 0.2) is 54.9 Å². The van der Waals surface area contributed by atoms with Crippen LogP contribution < -0.4 is 14.5 Å². The van der Waals surface area contributed by atoms with Gasteiger partial charge in [-0.2, -0.15) is 0 Å². The number of benzene rings is 2. The van der Waals surface area contributed by atoms with E-state index in [-0.39, 0.29) is 17.8 Å². The number of anilines is 2. The average molecular weight is 520 g/mol. The van der Waals surface area contributed by atoms with Gasteiger partial charge in [0.1, 0.15) is 17.0 Å². The average Bonchev–Trinajstić information content (AvgIpc) is 3.38. The molecule has 1 fully saturated rings. The molecule has 190 valence electrons. The first-order valence-corrected chi connectivity index (χ1v) is 12.5. The number of hydrogen-bond donors (Lipinski definition) is 0. The molecule has 3 heterocycles. The summed E-state index contributed by atoms with van der Waals surface area (Å²) >= 11 is 1.38. The molecule has 0 aliphatic carbocycles. The van der Waals surface area contributed by atoms with Crippen LogP contribution in [-0.2, 0) is 11.3 Å². The number of methoxy groups -OCH3 is 1. The first-order chi connectivity index (χ1) is 18.0. The Labute approximate surface area is 217 Å². The summed E-state index contributed by atoms with van der Waals surface area (Å²) in [6, 6.07) is 12.1. The van der Waals surface area contributed by atoms with Gasteiger partial charge in [-0.25, -0.2) is 4.98 Å². The van der Waals surface area contributed by atoms with E-state index in [1.54, 1.807) is 37.7 Å². The van der Waals surface area contributed by atoms with Gasteiger partial charge < -0.3 is 14.4 Å². The molecule has 2 aromatic carbocycles. The van der Waals surface area contributed by atoms with Crippen LogP contribution in [0.2, 0.25) is 0 Å². The van der Waals surface area contributed by atoms with Crippen molar-refractivity contribution in [1.29, 1.82) is 0 Å². The van der Waals surface area contributed by atoms with Crippen LogP contribution in [0, 0.1) is 17.0 Å². The highest BCUT2D eigenvalue weighted by atomic mass is 32.1. The molecule has 0 N–H and O–H groups in total. The molecule has 37 heavy (non-hydrogen) atoms. The molecule has 0 radical (unpaired) electrons. The Balaban J connectivity index is 1.58. The Morgan fingerprint density at radius 1 is 1.24 bits per heavy atom. The number of nitrogens with zero attached hydrogens (tertiary/aromatic N) is 5. The number of nitro groups is 1. The zero-order valence-electron chi connectivity index (χ0n) is 20.4. The monoisotopic (exact) mass is 519 g/mol. The fourth-order valence-electron chi connectivity index (χ4n) is 4.31. The predicted molar refractivity (Wildman–Crippen MR) is 142 cm³/mol. The number of aromatic nitrogens is 2. The third-order valence-corrected chi connectivity index (χ3v) is 7.44. The number of ether oxygens (including phenoxy) is 2. The van der Waals surface area contributed by atoms with Crippen LogP contribution in [-0.4, -0.2) is 54.2 Å². The largest absolute Gasteiger partial charge is 0.494 e. The van der Waals surface area contributed by atoms with E-state index in [2.05, 4.69) is 4.98 Å². The molecule has 10 nitrogen and oxygen atoms in total. The fourth-order valence-corrected chi connectivity index (χ4v) is 5.36. The second-order valence-corrected chi connectivity index (χ2v) is 9.55. The van der Waals surface area contributed by atoms with Crippen LogP contribution in [0.5, 0.6) is 5.75 Å². The van der Waals surface area contributed by atoms with E-state index in [1.165, 1.54) is 22.3 Å². The van der Waals surface area contributed by atoms with Crippen molar-refractivity contribution in [3.63, 3.8) is 0 Å². The van der Waals surface area contributed by atoms with Gasteiger partial charge in [0.2, 0.25) is 0 Å². The van der Waals surface area contributed by atoms with Crippen LogP contribution in [0.25, 0.3) is 10.2 Å². The number of morpholine rings is 1. The molecule has 1 aliphatic rings. The second kappa shape index (κ2) is 10.5. The predicted octanol–water partition coefficient (Wildman–Crippen LogP) is 4.60. The lowest BCUT2D eigenvalue weighted by atomic mass is 10.1. The quantitative estimate of drug-likeness (QED) is 0.257. The van der Waals surface area contributed by atoms with Crippen LogP contribution in [0.4, 0.5) is 16.5 Å². The minimum absolute atomic E-state index is 0.115. The number of fused-ring (bicyclic) bond motifs is 1. The smallest absolute Gasteiger partial charge is 0.293 e. The Hall–Kier alpha value is -4.09. The number of hydrogen-bond acceptors (Lipinski definition) is 9. The summed E-state index contributed by atoms with van der Waals surface area (Å²) in [6.45, 7) is 4.27. The molecule has 1 aliphatic heterocycles. The number of amides is 1. The number of carbonyl (C=O) groups excluding carboxylic acids is 1. The molecule has 1 saturated heterocycles. The van der Waals surface area contributed by atoms with Gasteiger partial charge in [0, 0.05) is 37.1 Å². The number of pyridine rings is 1. The highest BCUT2D eigenvalue weighted by molar-refractivity contribution is 7.22. The zero-order chi connectivity index (χ0) is 25.9. The molecule has 0 spiro atoms. The van der Waals surface area contributed by atoms with Gasteiger partial charge in [0.05, 0.1) is 36.5 Å². The lowest BCUT2D eigenvalue weighted by Gasteiger charge is -2.28. The standard InChI is InChI=1S/C26H25N5O5S/c1-17-5-8-22(35-2)23-24(17)37-26(28-23)30(16-18-4-3-9-27-15-18)25(32)19-6-7-20(21(14-19)31(33)34)29-10-12-36-13-11-29/h3-9,14-15H,10-13,16H2,1-2H3. The number of nitro benzene ring substituents is 1. The van der Waals surface area contributed by atoms with E-state index in [9.17, 15) is 14.9 Å². The normalized spacial score (nSPS) is 13.5. The number of thiazole rings is 1. The minimum atomic E-state index is -0.445. The summed E-state index contributed by atoms with van der Waals surface area (Å²) in [7, 11) is 1.58. The van der Waals surface area contributed by atoms with Crippen LogP contribution in [0.1, 0.15) is 21.5 Å². The van der Waals surface area contributed by atoms with Gasteiger partial charge in [-0.15, -0.1) is 0 Å². The van der Waals surface area contributed by atoms with E-state index in [1.807, 2.05) is 30.0 Å². The third kappa shape index (κ3) is 4.95. The lowest BCUT2D eigenvalue weighted by molar-refractivity contribution is -0.384. The number of aryl methyl sites for hydroxylation is 1. The Kier molecular flexibility index (Phi) is 6.97. The summed E-state index contributed by atoms with van der Waals surface area (Å²) in [4.78, 5) is 37.8. The molecule has 0 bridgehead atoms. The van der Waals surface area contributed by atoms with E-state index < -0.39 is 10.8 Å². The first-order valence-electron chi connectivity index (χ1n) is 11.7. The second-order valence-electron chi connectivity index (χ2n) is 8.57. The van der Waals surface area contributed by atoms with Crippen molar-refractivity contribution in [3.05, 3.63) is 81.7 Å². The third-order valence-electron chi connectivity index (χ3n) is 6.22. The number of rotatable bonds is 7. The molecule has 1 amide bonds. The summed E-state index contributed by atoms with van der Waals surface area (Å²) in [6.07, 6.45) is 3.35. The van der Waals surface area contributed by atoms with E-state index in [4.69, 9.17) is 14.5 Å². The molecule has 5 rings (SSSR count). The molecular weight excluding hydrogens is 494 g/mol. The SMILES string of the molecule is COc1ccc(C)c2sc(N(Cc3cccnc3)C(=O)c3ccc(N4CCOCC4)c([N+](=O)[O-])c3)nc12. The van der Waals surface area contributed by atoms with Crippen molar-refractivity contribution in [2.24, 2.45) is 0 Å². The van der Waals surface area contributed by atoms with Gasteiger partial charge in [-0.05, 0) is 42.3 Å². The van der Waals surface area contributed by atoms with Crippen molar-refractivity contribution in [2.75, 3.05) is 43.2 Å². The molecule has 0 atom stereocenters. The Bertz CT molecular complexity index is 1450. The van der Waals surface area contributed by atoms with Crippen LogP contribution in [0.3, 0.4) is 0 Å². The van der Waals surface area contributed by atoms with Gasteiger partial charge >= 0.3 is 0 Å². The fraction of sp³-hybridized carbons (Fsp3) is 0.269. The maximum atomic E-state index is 13.9. The molecule has 0 saturated carbocycles. The molecule has 11 heteroatoms. The van der Waals surface area contributed by atoms with Crippen molar-refractivity contribution in [2.45, 2.75) is 13.5 Å².